The van der Waals surface area contributed by atoms with Gasteiger partial charge in [0.15, 0.2) is 6.10 Å². The van der Waals surface area contributed by atoms with Gasteiger partial charge in [-0.2, -0.15) is 0 Å². The Morgan fingerprint density at radius 2 is 0.977 bits per heavy atom. The van der Waals surface area contributed by atoms with Crippen LogP contribution in [0.25, 0.3) is 0 Å². The SMILES string of the molecule is CC/C=C\C/C=C\C/C=C\C/C=C\C/C=C\CCCCCC(=O)O[C@@H](CO)COC(=O)CCCCCCCCCCCCC. The van der Waals surface area contributed by atoms with Crippen LogP contribution in [0, 0.1) is 0 Å². The van der Waals surface area contributed by atoms with Gasteiger partial charge in [-0.1, -0.05) is 145 Å². The molecule has 0 amide bonds. The Hall–Kier alpha value is -2.40. The number of hydrogen-bond donors (Lipinski definition) is 1. The maximum atomic E-state index is 12.1. The van der Waals surface area contributed by atoms with Gasteiger partial charge in [-0.3, -0.25) is 9.59 Å². The van der Waals surface area contributed by atoms with Crippen LogP contribution in [0.1, 0.15) is 155 Å². The molecule has 0 fully saturated rings. The normalized spacial score (nSPS) is 12.9. The number of hydrogen-bond acceptors (Lipinski definition) is 5. The third-order valence-electron chi connectivity index (χ3n) is 7.33. The van der Waals surface area contributed by atoms with E-state index in [1.54, 1.807) is 0 Å². The predicted molar refractivity (Wildman–Crippen MR) is 187 cm³/mol. The van der Waals surface area contributed by atoms with Crippen LogP contribution in [0.3, 0.4) is 0 Å². The van der Waals surface area contributed by atoms with Crippen molar-refractivity contribution in [2.75, 3.05) is 13.2 Å². The number of unbranched alkanes of at least 4 members (excludes halogenated alkanes) is 13. The summed E-state index contributed by atoms with van der Waals surface area (Å²) >= 11 is 0. The average Bonchev–Trinajstić information content (AvgIpc) is 3.02. The van der Waals surface area contributed by atoms with E-state index in [1.165, 1.54) is 51.4 Å². The Morgan fingerprint density at radius 3 is 1.48 bits per heavy atom. The van der Waals surface area contributed by atoms with Gasteiger partial charge in [0.2, 0.25) is 0 Å². The molecule has 0 heterocycles. The molecule has 0 unspecified atom stereocenters. The van der Waals surface area contributed by atoms with Crippen molar-refractivity contribution >= 4 is 11.9 Å². The first-order valence-corrected chi connectivity index (χ1v) is 17.8. The van der Waals surface area contributed by atoms with Crippen molar-refractivity contribution in [3.05, 3.63) is 60.8 Å². The summed E-state index contributed by atoms with van der Waals surface area (Å²) in [5.74, 6) is -0.634. The second-order valence-electron chi connectivity index (χ2n) is 11.6. The highest BCUT2D eigenvalue weighted by Gasteiger charge is 2.16. The summed E-state index contributed by atoms with van der Waals surface area (Å²) in [6.07, 6.45) is 44.2. The van der Waals surface area contributed by atoms with Gasteiger partial charge in [-0.05, 0) is 57.8 Å². The third-order valence-corrected chi connectivity index (χ3v) is 7.33. The molecule has 0 spiro atoms. The molecule has 1 atom stereocenters. The van der Waals surface area contributed by atoms with Crippen molar-refractivity contribution in [1.82, 2.24) is 0 Å². The summed E-state index contributed by atoms with van der Waals surface area (Å²) in [5, 5.41) is 9.51. The van der Waals surface area contributed by atoms with Gasteiger partial charge in [0.25, 0.3) is 0 Å². The second kappa shape index (κ2) is 35.1. The molecule has 0 saturated carbocycles. The molecule has 0 aliphatic carbocycles. The smallest absolute Gasteiger partial charge is 0.306 e. The van der Waals surface area contributed by atoms with E-state index in [-0.39, 0.29) is 25.2 Å². The summed E-state index contributed by atoms with van der Waals surface area (Å²) in [5.41, 5.74) is 0. The zero-order valence-corrected chi connectivity index (χ0v) is 28.4. The lowest BCUT2D eigenvalue weighted by Gasteiger charge is -2.15. The predicted octanol–water partition coefficient (Wildman–Crippen LogP) is 10.8. The second-order valence-corrected chi connectivity index (χ2v) is 11.6. The quantitative estimate of drug-likeness (QED) is 0.0478. The van der Waals surface area contributed by atoms with E-state index in [4.69, 9.17) is 9.47 Å². The van der Waals surface area contributed by atoms with E-state index in [9.17, 15) is 14.7 Å². The Labute approximate surface area is 271 Å². The van der Waals surface area contributed by atoms with E-state index >= 15 is 0 Å². The Morgan fingerprint density at radius 1 is 0.545 bits per heavy atom. The molecule has 0 aromatic carbocycles. The first-order chi connectivity index (χ1) is 21.6. The maximum Gasteiger partial charge on any atom is 0.306 e. The topological polar surface area (TPSA) is 72.8 Å². The molecule has 1 N–H and O–H groups in total. The highest BCUT2D eigenvalue weighted by molar-refractivity contribution is 5.70. The molecule has 0 radical (unpaired) electrons. The van der Waals surface area contributed by atoms with Gasteiger partial charge in [0, 0.05) is 12.8 Å². The van der Waals surface area contributed by atoms with Crippen molar-refractivity contribution < 1.29 is 24.2 Å². The van der Waals surface area contributed by atoms with Gasteiger partial charge in [-0.25, -0.2) is 0 Å². The van der Waals surface area contributed by atoms with Crippen LogP contribution in [-0.2, 0) is 19.1 Å². The zero-order chi connectivity index (χ0) is 32.2. The number of aliphatic hydroxyl groups is 1. The van der Waals surface area contributed by atoms with Crippen molar-refractivity contribution in [3.8, 4) is 0 Å². The van der Waals surface area contributed by atoms with E-state index < -0.39 is 6.10 Å². The van der Waals surface area contributed by atoms with Crippen LogP contribution in [0.5, 0.6) is 0 Å². The number of esters is 2. The summed E-state index contributed by atoms with van der Waals surface area (Å²) < 4.78 is 10.5. The molecule has 5 nitrogen and oxygen atoms in total. The van der Waals surface area contributed by atoms with Crippen molar-refractivity contribution in [2.24, 2.45) is 0 Å². The van der Waals surface area contributed by atoms with Crippen molar-refractivity contribution in [3.63, 3.8) is 0 Å². The van der Waals surface area contributed by atoms with Crippen LogP contribution in [0.4, 0.5) is 0 Å². The van der Waals surface area contributed by atoms with Gasteiger partial charge in [-0.15, -0.1) is 0 Å². The number of rotatable bonds is 31. The van der Waals surface area contributed by atoms with Gasteiger partial charge in [0.1, 0.15) is 6.61 Å². The van der Waals surface area contributed by atoms with Crippen LogP contribution in [0.15, 0.2) is 60.8 Å². The highest BCUT2D eigenvalue weighted by Crippen LogP contribution is 2.12. The number of carbonyl (C=O) groups excluding carboxylic acids is 2. The van der Waals surface area contributed by atoms with Crippen LogP contribution in [-0.4, -0.2) is 36.4 Å². The summed E-state index contributed by atoms with van der Waals surface area (Å²) in [4.78, 5) is 24.1. The summed E-state index contributed by atoms with van der Waals surface area (Å²) in [7, 11) is 0. The minimum atomic E-state index is -0.787. The molecular weight excluding hydrogens is 548 g/mol. The fraction of sp³-hybridized carbons (Fsp3) is 0.692. The minimum absolute atomic E-state index is 0.0802. The lowest BCUT2D eigenvalue weighted by Crippen LogP contribution is -2.28. The molecule has 0 aliphatic rings. The lowest BCUT2D eigenvalue weighted by atomic mass is 10.1. The van der Waals surface area contributed by atoms with Gasteiger partial charge >= 0.3 is 11.9 Å². The molecule has 0 aliphatic heterocycles. The molecule has 252 valence electrons. The van der Waals surface area contributed by atoms with Crippen LogP contribution < -0.4 is 0 Å². The molecule has 0 bridgehead atoms. The molecule has 5 heteroatoms. The maximum absolute atomic E-state index is 12.1. The number of allylic oxidation sites excluding steroid dienone is 10. The Kier molecular flexibility index (Phi) is 33.2. The lowest BCUT2D eigenvalue weighted by molar-refractivity contribution is -0.161. The third kappa shape index (κ3) is 32.5. The molecule has 0 aromatic rings. The first-order valence-electron chi connectivity index (χ1n) is 17.8. The molecular formula is C39H66O5. The van der Waals surface area contributed by atoms with Crippen molar-refractivity contribution in [1.29, 1.82) is 0 Å². The standard InChI is InChI=1S/C39H66O5/c1-3-5-7-9-11-13-15-16-17-18-19-20-21-22-24-26-28-30-32-34-39(42)44-37(35-40)36-43-38(41)33-31-29-27-25-23-14-12-10-8-6-4-2/h5,7,11,13,16-17,19-20,22,24,37,40H,3-4,6,8-10,12,14-15,18,21,23,25-36H2,1-2H3/b7-5-,13-11-,17-16-,20-19-,24-22-/t37-/m0/s1. The molecule has 0 aromatic heterocycles. The largest absolute Gasteiger partial charge is 0.462 e. The number of carbonyl (C=O) groups is 2. The highest BCUT2D eigenvalue weighted by atomic mass is 16.6. The first kappa shape index (κ1) is 41.6. The van der Waals surface area contributed by atoms with Gasteiger partial charge in [0.05, 0.1) is 6.61 Å². The summed E-state index contributed by atoms with van der Waals surface area (Å²) in [6.45, 7) is 3.97. The molecule has 44 heavy (non-hydrogen) atoms. The monoisotopic (exact) mass is 614 g/mol. The van der Waals surface area contributed by atoms with E-state index in [0.29, 0.717) is 12.8 Å². The van der Waals surface area contributed by atoms with Crippen LogP contribution in [0.2, 0.25) is 0 Å². The van der Waals surface area contributed by atoms with E-state index in [1.807, 2.05) is 0 Å². The van der Waals surface area contributed by atoms with E-state index in [2.05, 4.69) is 74.6 Å². The van der Waals surface area contributed by atoms with E-state index in [0.717, 1.165) is 77.0 Å². The average molecular weight is 615 g/mol. The molecule has 0 saturated heterocycles. The Balaban J connectivity index is 3.68. The number of aliphatic hydroxyl groups excluding tert-OH is 1. The fourth-order valence-corrected chi connectivity index (χ4v) is 4.64. The van der Waals surface area contributed by atoms with Gasteiger partial charge < -0.3 is 14.6 Å². The number of ether oxygens (including phenoxy) is 2. The molecule has 0 rings (SSSR count). The Bertz CT molecular complexity index is 792. The fourth-order valence-electron chi connectivity index (χ4n) is 4.64. The van der Waals surface area contributed by atoms with Crippen LogP contribution >= 0.6 is 0 Å². The zero-order valence-electron chi connectivity index (χ0n) is 28.4. The van der Waals surface area contributed by atoms with Crippen molar-refractivity contribution in [2.45, 2.75) is 161 Å². The minimum Gasteiger partial charge on any atom is -0.462 e. The summed E-state index contributed by atoms with van der Waals surface area (Å²) in [6, 6.07) is 0.